The minimum absolute atomic E-state index is 0.0137. The quantitative estimate of drug-likeness (QED) is 0.691. The van der Waals surface area contributed by atoms with Crippen LogP contribution in [0.15, 0.2) is 24.3 Å². The summed E-state index contributed by atoms with van der Waals surface area (Å²) < 4.78 is 5.24. The number of hydrogen-bond donors (Lipinski definition) is 3. The van der Waals surface area contributed by atoms with E-state index in [1.54, 1.807) is 0 Å². The molecule has 0 aliphatic carbocycles. The minimum atomic E-state index is -0.264. The maximum atomic E-state index is 11.8. The number of amides is 1. The molecule has 18 heavy (non-hydrogen) atoms. The van der Waals surface area contributed by atoms with Gasteiger partial charge in [-0.15, -0.1) is 0 Å². The number of carbonyl (C=O) groups excluding carboxylic acids is 1. The van der Waals surface area contributed by atoms with Crippen LogP contribution in [0.1, 0.15) is 11.1 Å². The molecule has 98 valence electrons. The normalized spacial score (nSPS) is 19.5. The van der Waals surface area contributed by atoms with E-state index in [-0.39, 0.29) is 18.6 Å². The third-order valence-corrected chi connectivity index (χ3v) is 2.88. The summed E-state index contributed by atoms with van der Waals surface area (Å²) >= 11 is 0. The lowest BCUT2D eigenvalue weighted by atomic mass is 10.1. The second kappa shape index (κ2) is 6.49. The van der Waals surface area contributed by atoms with Crippen LogP contribution in [0.3, 0.4) is 0 Å². The lowest BCUT2D eigenvalue weighted by Gasteiger charge is -2.22. The molecule has 0 bridgehead atoms. The molecule has 0 aromatic heterocycles. The molecule has 0 spiro atoms. The molecule has 1 aromatic rings. The molecule has 1 aliphatic heterocycles. The molecule has 3 N–H and O–H groups in total. The fourth-order valence-electron chi connectivity index (χ4n) is 1.88. The highest BCUT2D eigenvalue weighted by Crippen LogP contribution is 2.05. The zero-order valence-corrected chi connectivity index (χ0v) is 10.2. The van der Waals surface area contributed by atoms with E-state index in [9.17, 15) is 4.79 Å². The van der Waals surface area contributed by atoms with Crippen molar-refractivity contribution in [2.45, 2.75) is 19.2 Å². The van der Waals surface area contributed by atoms with Gasteiger partial charge >= 0.3 is 0 Å². The number of aliphatic hydroxyl groups is 1. The first-order valence-corrected chi connectivity index (χ1v) is 6.07. The summed E-state index contributed by atoms with van der Waals surface area (Å²) in [7, 11) is 0. The Morgan fingerprint density at radius 1 is 1.50 bits per heavy atom. The molecule has 5 nitrogen and oxygen atoms in total. The van der Waals surface area contributed by atoms with Gasteiger partial charge in [-0.05, 0) is 11.1 Å². The Morgan fingerprint density at radius 3 is 3.06 bits per heavy atom. The van der Waals surface area contributed by atoms with Gasteiger partial charge in [-0.2, -0.15) is 0 Å². The summed E-state index contributed by atoms with van der Waals surface area (Å²) in [4.78, 5) is 11.8. The van der Waals surface area contributed by atoms with Crippen molar-refractivity contribution in [3.05, 3.63) is 35.4 Å². The topological polar surface area (TPSA) is 70.6 Å². The first-order chi connectivity index (χ1) is 8.79. The van der Waals surface area contributed by atoms with Crippen molar-refractivity contribution in [3.63, 3.8) is 0 Å². The van der Waals surface area contributed by atoms with Gasteiger partial charge in [0, 0.05) is 13.1 Å². The summed E-state index contributed by atoms with van der Waals surface area (Å²) in [6, 6.07) is 7.26. The van der Waals surface area contributed by atoms with Gasteiger partial charge in [0.25, 0.3) is 0 Å². The van der Waals surface area contributed by atoms with Gasteiger partial charge in [-0.1, -0.05) is 24.3 Å². The van der Waals surface area contributed by atoms with Crippen molar-refractivity contribution in [2.24, 2.45) is 0 Å². The number of morpholine rings is 1. The Hall–Kier alpha value is -1.43. The number of aliphatic hydroxyl groups excluding tert-OH is 1. The second-order valence-corrected chi connectivity index (χ2v) is 4.28. The van der Waals surface area contributed by atoms with Crippen molar-refractivity contribution in [3.8, 4) is 0 Å². The van der Waals surface area contributed by atoms with Crippen LogP contribution in [0, 0.1) is 0 Å². The van der Waals surface area contributed by atoms with E-state index in [4.69, 9.17) is 9.84 Å². The average Bonchev–Trinajstić information content (AvgIpc) is 2.46. The largest absolute Gasteiger partial charge is 0.392 e. The average molecular weight is 250 g/mol. The highest BCUT2D eigenvalue weighted by molar-refractivity contribution is 5.81. The van der Waals surface area contributed by atoms with E-state index >= 15 is 0 Å². The third-order valence-electron chi connectivity index (χ3n) is 2.88. The van der Waals surface area contributed by atoms with Gasteiger partial charge in [0.2, 0.25) is 5.91 Å². The van der Waals surface area contributed by atoms with Crippen LogP contribution < -0.4 is 10.6 Å². The Labute approximate surface area is 106 Å². The number of carbonyl (C=O) groups is 1. The maximum absolute atomic E-state index is 11.8. The van der Waals surface area contributed by atoms with Crippen LogP contribution in [-0.4, -0.2) is 36.8 Å². The van der Waals surface area contributed by atoms with E-state index in [0.717, 1.165) is 11.1 Å². The monoisotopic (exact) mass is 250 g/mol. The van der Waals surface area contributed by atoms with Gasteiger partial charge in [-0.3, -0.25) is 4.79 Å². The zero-order chi connectivity index (χ0) is 12.8. The summed E-state index contributed by atoms with van der Waals surface area (Å²) in [6.45, 7) is 2.26. The molecule has 1 heterocycles. The number of hydrogen-bond acceptors (Lipinski definition) is 4. The lowest BCUT2D eigenvalue weighted by Crippen LogP contribution is -2.51. The molecule has 1 unspecified atom stereocenters. The minimum Gasteiger partial charge on any atom is -0.392 e. The fourth-order valence-corrected chi connectivity index (χ4v) is 1.88. The summed E-state index contributed by atoms with van der Waals surface area (Å²) in [5.41, 5.74) is 1.83. The summed E-state index contributed by atoms with van der Waals surface area (Å²) in [5, 5.41) is 15.0. The van der Waals surface area contributed by atoms with Crippen LogP contribution in [0.5, 0.6) is 0 Å². The second-order valence-electron chi connectivity index (χ2n) is 4.28. The Bertz CT molecular complexity index is 403. The molecule has 5 heteroatoms. The van der Waals surface area contributed by atoms with Crippen molar-refractivity contribution in [1.29, 1.82) is 0 Å². The smallest absolute Gasteiger partial charge is 0.239 e. The van der Waals surface area contributed by atoms with Crippen LogP contribution in [0.25, 0.3) is 0 Å². The molecule has 2 rings (SSSR count). The molecule has 1 fully saturated rings. The van der Waals surface area contributed by atoms with Crippen molar-refractivity contribution in [1.82, 2.24) is 10.6 Å². The predicted octanol–water partition coefficient (Wildman–Crippen LogP) is -0.217. The number of nitrogens with one attached hydrogen (secondary N) is 2. The van der Waals surface area contributed by atoms with Gasteiger partial charge < -0.3 is 20.5 Å². The molecule has 1 amide bonds. The van der Waals surface area contributed by atoms with E-state index in [1.165, 1.54) is 0 Å². The Balaban J connectivity index is 1.84. The Morgan fingerprint density at radius 2 is 2.33 bits per heavy atom. The summed E-state index contributed by atoms with van der Waals surface area (Å²) in [6.07, 6.45) is 0. The predicted molar refractivity (Wildman–Crippen MR) is 66.8 cm³/mol. The Kier molecular flexibility index (Phi) is 4.69. The molecule has 0 radical (unpaired) electrons. The molecular formula is C13H18N2O3. The van der Waals surface area contributed by atoms with Gasteiger partial charge in [0.15, 0.2) is 0 Å². The molecule has 1 saturated heterocycles. The maximum Gasteiger partial charge on any atom is 0.239 e. The van der Waals surface area contributed by atoms with Crippen LogP contribution in [0.2, 0.25) is 0 Å². The zero-order valence-electron chi connectivity index (χ0n) is 10.2. The molecule has 0 saturated carbocycles. The first kappa shape index (κ1) is 13.0. The van der Waals surface area contributed by atoms with Crippen molar-refractivity contribution in [2.75, 3.05) is 19.8 Å². The van der Waals surface area contributed by atoms with Gasteiger partial charge in [0.05, 0.1) is 19.8 Å². The standard InChI is InChI=1S/C13H18N2O3/c16-8-11-3-1-2-10(6-11)7-15-13(17)12-9-18-5-4-14-12/h1-3,6,12,14,16H,4-5,7-9H2,(H,15,17). The number of rotatable bonds is 4. The molecule has 1 aliphatic rings. The van der Waals surface area contributed by atoms with Crippen LogP contribution in [0.4, 0.5) is 0 Å². The molecule has 1 aromatic carbocycles. The highest BCUT2D eigenvalue weighted by atomic mass is 16.5. The van der Waals surface area contributed by atoms with E-state index in [2.05, 4.69) is 10.6 Å². The van der Waals surface area contributed by atoms with Gasteiger partial charge in [0.1, 0.15) is 6.04 Å². The fraction of sp³-hybridized carbons (Fsp3) is 0.462. The van der Waals surface area contributed by atoms with E-state index in [0.29, 0.717) is 26.3 Å². The van der Waals surface area contributed by atoms with Crippen LogP contribution in [-0.2, 0) is 22.7 Å². The van der Waals surface area contributed by atoms with Gasteiger partial charge in [-0.25, -0.2) is 0 Å². The van der Waals surface area contributed by atoms with Crippen LogP contribution >= 0.6 is 0 Å². The lowest BCUT2D eigenvalue weighted by molar-refractivity contribution is -0.126. The van der Waals surface area contributed by atoms with E-state index < -0.39 is 0 Å². The molecular weight excluding hydrogens is 232 g/mol. The number of benzene rings is 1. The number of ether oxygens (including phenoxy) is 1. The van der Waals surface area contributed by atoms with E-state index in [1.807, 2.05) is 24.3 Å². The first-order valence-electron chi connectivity index (χ1n) is 6.07. The molecule has 1 atom stereocenters. The summed E-state index contributed by atoms with van der Waals surface area (Å²) in [5.74, 6) is -0.0518. The van der Waals surface area contributed by atoms with Crippen molar-refractivity contribution >= 4 is 5.91 Å². The third kappa shape index (κ3) is 3.53. The SMILES string of the molecule is O=C(NCc1cccc(CO)c1)C1COCCN1. The van der Waals surface area contributed by atoms with Crippen molar-refractivity contribution < 1.29 is 14.6 Å². The highest BCUT2D eigenvalue weighted by Gasteiger charge is 2.20.